The van der Waals surface area contributed by atoms with E-state index in [1.54, 1.807) is 0 Å². The third-order valence-corrected chi connectivity index (χ3v) is 8.01. The average molecular weight is 500 g/mol. The molecule has 6 rings (SSSR count). The molecule has 2 aliphatic rings. The predicted molar refractivity (Wildman–Crippen MR) is 145 cm³/mol. The molecule has 8 heteroatoms. The minimum atomic E-state index is -0.453. The van der Waals surface area contributed by atoms with Crippen LogP contribution in [0, 0.1) is 25.6 Å². The van der Waals surface area contributed by atoms with Crippen molar-refractivity contribution in [1.82, 2.24) is 29.8 Å². The van der Waals surface area contributed by atoms with Crippen LogP contribution in [0.15, 0.2) is 30.5 Å². The van der Waals surface area contributed by atoms with Crippen molar-refractivity contribution in [2.75, 3.05) is 18.4 Å². The summed E-state index contributed by atoms with van der Waals surface area (Å²) in [5.41, 5.74) is 6.27. The van der Waals surface area contributed by atoms with Gasteiger partial charge < -0.3 is 15.2 Å². The summed E-state index contributed by atoms with van der Waals surface area (Å²) in [4.78, 5) is 18.4. The van der Waals surface area contributed by atoms with Crippen LogP contribution in [0.5, 0.6) is 0 Å². The zero-order valence-electron chi connectivity index (χ0n) is 22.0. The maximum Gasteiger partial charge on any atom is 0.229 e. The van der Waals surface area contributed by atoms with Crippen molar-refractivity contribution in [3.8, 4) is 11.3 Å². The molecule has 192 valence electrons. The number of anilines is 2. The van der Waals surface area contributed by atoms with Crippen LogP contribution in [0.25, 0.3) is 22.3 Å². The van der Waals surface area contributed by atoms with E-state index in [1.165, 1.54) is 24.6 Å². The second-order valence-corrected chi connectivity index (χ2v) is 11.2. The van der Waals surface area contributed by atoms with E-state index in [9.17, 15) is 0 Å². The molecule has 4 aromatic rings. The predicted octanol–water partition coefficient (Wildman–Crippen LogP) is 5.61. The third kappa shape index (κ3) is 4.48. The van der Waals surface area contributed by atoms with Crippen molar-refractivity contribution in [3.63, 3.8) is 0 Å². The lowest BCUT2D eigenvalue weighted by Crippen LogP contribution is -2.28. The minimum absolute atomic E-state index is 0.0182. The molecule has 0 radical (unpaired) electrons. The van der Waals surface area contributed by atoms with Gasteiger partial charge in [-0.25, -0.2) is 24.3 Å². The fourth-order valence-corrected chi connectivity index (χ4v) is 5.92. The summed E-state index contributed by atoms with van der Waals surface area (Å²) >= 11 is 0. The number of hydrogen-bond acceptors (Lipinski definition) is 6. The van der Waals surface area contributed by atoms with E-state index in [0.29, 0.717) is 17.7 Å². The first-order valence-electron chi connectivity index (χ1n) is 13.3. The SMILES string of the molecule is Cc1nc(Nc2ncc(F)c(-c3cc(C)c4nc5n(c4c3)C(C)(C)CC5)n2)ccc1CC1CCNCC1. The first-order chi connectivity index (χ1) is 17.8. The number of piperidine rings is 1. The normalized spacial score (nSPS) is 17.3. The highest BCUT2D eigenvalue weighted by molar-refractivity contribution is 5.86. The number of imidazole rings is 1. The molecule has 2 N–H and O–H groups in total. The van der Waals surface area contributed by atoms with Gasteiger partial charge in [-0.05, 0) is 102 Å². The van der Waals surface area contributed by atoms with Crippen LogP contribution in [0.2, 0.25) is 0 Å². The molecule has 0 aliphatic carbocycles. The molecule has 37 heavy (non-hydrogen) atoms. The Bertz CT molecular complexity index is 1480. The molecule has 5 heterocycles. The van der Waals surface area contributed by atoms with Gasteiger partial charge in [0.2, 0.25) is 5.95 Å². The van der Waals surface area contributed by atoms with Gasteiger partial charge in [0.1, 0.15) is 17.3 Å². The number of aromatic nitrogens is 5. The molecular weight excluding hydrogens is 465 g/mol. The lowest BCUT2D eigenvalue weighted by Gasteiger charge is -2.23. The van der Waals surface area contributed by atoms with Crippen molar-refractivity contribution in [2.45, 2.75) is 65.3 Å². The number of nitrogens with zero attached hydrogens (tertiary/aromatic N) is 5. The summed E-state index contributed by atoms with van der Waals surface area (Å²) in [6, 6.07) is 8.07. The summed E-state index contributed by atoms with van der Waals surface area (Å²) in [7, 11) is 0. The summed E-state index contributed by atoms with van der Waals surface area (Å²) < 4.78 is 17.3. The summed E-state index contributed by atoms with van der Waals surface area (Å²) in [5, 5.41) is 6.61. The highest BCUT2D eigenvalue weighted by Gasteiger charge is 2.32. The highest BCUT2D eigenvalue weighted by Crippen LogP contribution is 2.38. The van der Waals surface area contributed by atoms with Crippen LogP contribution in [0.4, 0.5) is 16.2 Å². The largest absolute Gasteiger partial charge is 0.322 e. The first-order valence-corrected chi connectivity index (χ1v) is 13.3. The lowest BCUT2D eigenvalue weighted by molar-refractivity contribution is 0.372. The molecule has 0 unspecified atom stereocenters. The molecule has 2 aliphatic heterocycles. The van der Waals surface area contributed by atoms with Crippen LogP contribution in [-0.4, -0.2) is 37.6 Å². The average Bonchev–Trinajstić information content (AvgIpc) is 3.40. The van der Waals surface area contributed by atoms with Crippen LogP contribution >= 0.6 is 0 Å². The topological polar surface area (TPSA) is 80.6 Å². The van der Waals surface area contributed by atoms with Crippen molar-refractivity contribution in [1.29, 1.82) is 0 Å². The second-order valence-electron chi connectivity index (χ2n) is 11.2. The molecule has 0 spiro atoms. The lowest BCUT2D eigenvalue weighted by atomic mass is 9.90. The van der Waals surface area contributed by atoms with E-state index in [4.69, 9.17) is 9.97 Å². The van der Waals surface area contributed by atoms with E-state index in [0.717, 1.165) is 66.0 Å². The number of aryl methyl sites for hydroxylation is 3. The van der Waals surface area contributed by atoms with Gasteiger partial charge in [0.05, 0.1) is 17.2 Å². The molecule has 0 amide bonds. The minimum Gasteiger partial charge on any atom is -0.322 e. The standard InChI is InChI=1S/C29H34FN7/c1-17-13-21(15-23-26(17)35-25-7-10-29(3,4)37(23)25)27-22(30)16-32-28(36-27)34-24-6-5-20(18(2)33-24)14-19-8-11-31-12-9-19/h5-6,13,15-16,19,31H,7-12,14H2,1-4H3,(H,32,33,34,36). The summed E-state index contributed by atoms with van der Waals surface area (Å²) in [6.07, 6.45) is 6.69. The molecule has 1 fully saturated rings. The van der Waals surface area contributed by atoms with Gasteiger partial charge in [0.25, 0.3) is 0 Å². The summed E-state index contributed by atoms with van der Waals surface area (Å²) in [5.74, 6) is 2.33. The zero-order chi connectivity index (χ0) is 25.7. The molecular formula is C29H34FN7. The Kier molecular flexibility index (Phi) is 5.94. The van der Waals surface area contributed by atoms with Crippen LogP contribution in [-0.2, 0) is 18.4 Å². The molecule has 1 aromatic carbocycles. The third-order valence-electron chi connectivity index (χ3n) is 8.01. The first kappa shape index (κ1) is 24.0. The van der Waals surface area contributed by atoms with E-state index >= 15 is 4.39 Å². The van der Waals surface area contributed by atoms with E-state index in [1.807, 2.05) is 32.0 Å². The van der Waals surface area contributed by atoms with Gasteiger partial charge in [-0.15, -0.1) is 0 Å². The Hall–Kier alpha value is -3.39. The molecule has 0 saturated carbocycles. The van der Waals surface area contributed by atoms with E-state index in [-0.39, 0.29) is 11.2 Å². The van der Waals surface area contributed by atoms with Crippen molar-refractivity contribution in [2.24, 2.45) is 5.92 Å². The number of rotatable bonds is 5. The van der Waals surface area contributed by atoms with Crippen LogP contribution < -0.4 is 10.6 Å². The molecule has 1 saturated heterocycles. The van der Waals surface area contributed by atoms with Crippen molar-refractivity contribution < 1.29 is 4.39 Å². The Morgan fingerprint density at radius 2 is 1.92 bits per heavy atom. The maximum atomic E-state index is 15.0. The van der Waals surface area contributed by atoms with Gasteiger partial charge in [0.15, 0.2) is 5.82 Å². The van der Waals surface area contributed by atoms with Crippen LogP contribution in [0.1, 0.15) is 55.8 Å². The Balaban J connectivity index is 1.29. The van der Waals surface area contributed by atoms with Gasteiger partial charge in [-0.1, -0.05) is 6.07 Å². The number of nitrogens with one attached hydrogen (secondary N) is 2. The Morgan fingerprint density at radius 3 is 2.70 bits per heavy atom. The van der Waals surface area contributed by atoms with Crippen LogP contribution in [0.3, 0.4) is 0 Å². The molecule has 7 nitrogen and oxygen atoms in total. The number of hydrogen-bond donors (Lipinski definition) is 2. The maximum absolute atomic E-state index is 15.0. The molecule has 0 bridgehead atoms. The van der Waals surface area contributed by atoms with Gasteiger partial charge in [0, 0.05) is 23.2 Å². The Morgan fingerprint density at radius 1 is 1.11 bits per heavy atom. The van der Waals surface area contributed by atoms with Gasteiger partial charge in [-0.3, -0.25) is 0 Å². The van der Waals surface area contributed by atoms with E-state index in [2.05, 4.69) is 45.1 Å². The number of benzene rings is 1. The van der Waals surface area contributed by atoms with Gasteiger partial charge in [-0.2, -0.15) is 0 Å². The molecule has 3 aromatic heterocycles. The van der Waals surface area contributed by atoms with E-state index < -0.39 is 5.82 Å². The van der Waals surface area contributed by atoms with Gasteiger partial charge >= 0.3 is 0 Å². The quantitative estimate of drug-likeness (QED) is 0.371. The van der Waals surface area contributed by atoms with Crippen molar-refractivity contribution >= 4 is 22.8 Å². The summed E-state index contributed by atoms with van der Waals surface area (Å²) in [6.45, 7) is 10.7. The molecule has 0 atom stereocenters. The second kappa shape index (κ2) is 9.17. The monoisotopic (exact) mass is 499 g/mol. The number of halogens is 1. The smallest absolute Gasteiger partial charge is 0.229 e. The highest BCUT2D eigenvalue weighted by atomic mass is 19.1. The Labute approximate surface area is 217 Å². The number of fused-ring (bicyclic) bond motifs is 3. The number of pyridine rings is 1. The fraction of sp³-hybridized carbons (Fsp3) is 0.448. The fourth-order valence-electron chi connectivity index (χ4n) is 5.92. The zero-order valence-corrected chi connectivity index (χ0v) is 22.0. The van der Waals surface area contributed by atoms with Crippen molar-refractivity contribution in [3.05, 3.63) is 58.9 Å².